The molecule has 0 atom stereocenters. The Morgan fingerprint density at radius 3 is 2.17 bits per heavy atom. The number of rotatable bonds is 9. The van der Waals surface area contributed by atoms with Gasteiger partial charge in [0.25, 0.3) is 0 Å². The van der Waals surface area contributed by atoms with Gasteiger partial charge in [-0.25, -0.2) is 4.98 Å². The maximum absolute atomic E-state index is 11.7. The summed E-state index contributed by atoms with van der Waals surface area (Å²) in [6.45, 7) is 21.7. The minimum absolute atomic E-state index is 0. The molecule has 5 rings (SSSR count). The summed E-state index contributed by atoms with van der Waals surface area (Å²) in [5.41, 5.74) is 4.62. The number of hydrogen-bond acceptors (Lipinski definition) is 5. The molecule has 2 heterocycles. The van der Waals surface area contributed by atoms with E-state index in [2.05, 4.69) is 96.1 Å². The second-order valence-electron chi connectivity index (χ2n) is 14.9. The number of carbonyl (C=O) groups excluding carboxylic acids is 1. The van der Waals surface area contributed by atoms with Gasteiger partial charge in [0.05, 0.1) is 21.0 Å². The largest absolute Gasteiger partial charge is 0.512 e. The zero-order valence-electron chi connectivity index (χ0n) is 30.5. The first kappa shape index (κ1) is 39.5. The third-order valence-corrected chi connectivity index (χ3v) is 9.95. The third-order valence-electron chi connectivity index (χ3n) is 8.93. The van der Waals surface area contributed by atoms with E-state index in [-0.39, 0.29) is 54.3 Å². The Hall–Kier alpha value is -2.92. The van der Waals surface area contributed by atoms with Crippen molar-refractivity contribution in [3.8, 4) is 11.3 Å². The number of nitrogens with zero attached hydrogens (tertiary/aromatic N) is 2. The van der Waals surface area contributed by atoms with Crippen LogP contribution < -0.4 is 0 Å². The number of benzene rings is 3. The minimum atomic E-state index is 0. The molecule has 2 aromatic heterocycles. The average Bonchev–Trinajstić information content (AvgIpc) is 3.42. The predicted molar refractivity (Wildman–Crippen MR) is 202 cm³/mol. The molecule has 0 saturated heterocycles. The number of fused-ring (bicyclic) bond motifs is 4. The van der Waals surface area contributed by atoms with E-state index in [1.807, 2.05) is 33.9 Å². The zero-order valence-corrected chi connectivity index (χ0v) is 33.7. The van der Waals surface area contributed by atoms with Gasteiger partial charge in [0.15, 0.2) is 5.78 Å². The van der Waals surface area contributed by atoms with Crippen LogP contribution in [0, 0.1) is 23.3 Å². The molecule has 0 amide bonds. The van der Waals surface area contributed by atoms with Crippen LogP contribution in [0.15, 0.2) is 66.6 Å². The van der Waals surface area contributed by atoms with Crippen molar-refractivity contribution in [2.45, 2.75) is 107 Å². The summed E-state index contributed by atoms with van der Waals surface area (Å²) in [4.78, 5) is 21.7. The summed E-state index contributed by atoms with van der Waals surface area (Å²) in [7, 11) is 0. The van der Waals surface area contributed by atoms with Gasteiger partial charge in [0.2, 0.25) is 0 Å². The number of pyridine rings is 1. The van der Waals surface area contributed by atoms with Crippen LogP contribution >= 0.6 is 11.3 Å². The van der Waals surface area contributed by atoms with Crippen LogP contribution in [0.3, 0.4) is 0 Å². The van der Waals surface area contributed by atoms with Crippen molar-refractivity contribution >= 4 is 48.9 Å². The summed E-state index contributed by atoms with van der Waals surface area (Å²) < 4.78 is 1.22. The van der Waals surface area contributed by atoms with Gasteiger partial charge < -0.3 is 5.11 Å². The van der Waals surface area contributed by atoms with Crippen molar-refractivity contribution in [2.75, 3.05) is 0 Å². The number of thiazole rings is 1. The van der Waals surface area contributed by atoms with Crippen LogP contribution in [0.1, 0.15) is 105 Å². The molecule has 48 heavy (non-hydrogen) atoms. The number of allylic oxidation sites excluding steroid dienone is 2. The maximum atomic E-state index is 11.7. The van der Waals surface area contributed by atoms with Crippen molar-refractivity contribution in [1.82, 2.24) is 9.97 Å². The van der Waals surface area contributed by atoms with Crippen LogP contribution in [0.25, 0.3) is 43.0 Å². The van der Waals surface area contributed by atoms with Crippen molar-refractivity contribution in [2.24, 2.45) is 17.3 Å². The molecule has 1 radical (unpaired) electrons. The van der Waals surface area contributed by atoms with E-state index in [1.165, 1.54) is 32.1 Å². The Bertz CT molecular complexity index is 1870. The Morgan fingerprint density at radius 2 is 1.56 bits per heavy atom. The molecule has 0 spiro atoms. The normalized spacial score (nSPS) is 12.5. The molecule has 0 aliphatic rings. The first-order valence-corrected chi connectivity index (χ1v) is 18.1. The first-order chi connectivity index (χ1) is 22.2. The van der Waals surface area contributed by atoms with Gasteiger partial charge in [-0.15, -0.1) is 40.5 Å². The summed E-state index contributed by atoms with van der Waals surface area (Å²) >= 11 is 1.80. The van der Waals surface area contributed by atoms with Crippen LogP contribution in [-0.2, 0) is 36.7 Å². The van der Waals surface area contributed by atoms with Gasteiger partial charge >= 0.3 is 0 Å². The van der Waals surface area contributed by atoms with E-state index in [0.29, 0.717) is 0 Å². The molecule has 5 aromatic rings. The monoisotopic (exact) mass is 842 g/mol. The number of hydrogen-bond donors (Lipinski definition) is 1. The number of aliphatic hydroxyl groups excluding tert-OH is 1. The molecule has 0 fully saturated rings. The fourth-order valence-corrected chi connectivity index (χ4v) is 7.47. The molecule has 0 unspecified atom stereocenters. The molecule has 0 aliphatic heterocycles. The van der Waals surface area contributed by atoms with E-state index in [9.17, 15) is 9.90 Å². The van der Waals surface area contributed by atoms with Crippen molar-refractivity contribution in [1.29, 1.82) is 0 Å². The molecule has 4 nitrogen and oxygen atoms in total. The van der Waals surface area contributed by atoms with Gasteiger partial charge in [0, 0.05) is 61.7 Å². The predicted octanol–water partition coefficient (Wildman–Crippen LogP) is 12.2. The van der Waals surface area contributed by atoms with E-state index < -0.39 is 0 Å². The second-order valence-corrected chi connectivity index (χ2v) is 16.0. The SMILES string of the molecule is CC(C)(C)Cc1nc2c(ccc3ccnc(-c4[c-]c5ccccc5c(C(C)(C)C)c4)c32)s1.CCC(CC)C(=O)/C=C(\O)C(CC)CC.[Ir]. The van der Waals surface area contributed by atoms with E-state index in [4.69, 9.17) is 9.97 Å². The molecule has 1 N–H and O–H groups in total. The van der Waals surface area contributed by atoms with Crippen molar-refractivity contribution in [3.63, 3.8) is 0 Å². The van der Waals surface area contributed by atoms with Crippen molar-refractivity contribution < 1.29 is 30.0 Å². The van der Waals surface area contributed by atoms with E-state index in [1.54, 1.807) is 11.3 Å². The quantitative estimate of drug-likeness (QED) is 0.0912. The van der Waals surface area contributed by atoms with Crippen LogP contribution in [0.4, 0.5) is 0 Å². The van der Waals surface area contributed by atoms with Crippen LogP contribution in [-0.4, -0.2) is 20.9 Å². The summed E-state index contributed by atoms with van der Waals surface area (Å²) in [5.74, 6) is 0.547. The molecule has 259 valence electrons. The molecular weight excluding hydrogens is 789 g/mol. The Labute approximate surface area is 305 Å². The molecule has 0 aliphatic carbocycles. The molecule has 3 aromatic carbocycles. The summed E-state index contributed by atoms with van der Waals surface area (Å²) in [6.07, 6.45) is 7.79. The van der Waals surface area contributed by atoms with Crippen LogP contribution in [0.2, 0.25) is 0 Å². The first-order valence-electron chi connectivity index (χ1n) is 17.3. The van der Waals surface area contributed by atoms with E-state index >= 15 is 0 Å². The van der Waals surface area contributed by atoms with Gasteiger partial charge in [-0.2, -0.15) is 0 Å². The summed E-state index contributed by atoms with van der Waals surface area (Å²) in [5, 5.41) is 15.6. The fourth-order valence-electron chi connectivity index (χ4n) is 6.19. The van der Waals surface area contributed by atoms with E-state index in [0.717, 1.165) is 59.7 Å². The van der Waals surface area contributed by atoms with Gasteiger partial charge in [-0.3, -0.25) is 9.78 Å². The second kappa shape index (κ2) is 16.7. The van der Waals surface area contributed by atoms with Gasteiger partial charge in [-0.05, 0) is 54.0 Å². The molecule has 0 bridgehead atoms. The molecule has 6 heteroatoms. The molecular formula is C42H53IrN2O2S-. The Morgan fingerprint density at radius 1 is 0.917 bits per heavy atom. The smallest absolute Gasteiger partial charge is 0.162 e. The minimum Gasteiger partial charge on any atom is -0.512 e. The van der Waals surface area contributed by atoms with Crippen molar-refractivity contribution in [3.05, 3.63) is 83.2 Å². The maximum Gasteiger partial charge on any atom is 0.162 e. The number of ketones is 1. The topological polar surface area (TPSA) is 63.1 Å². The van der Waals surface area contributed by atoms with Gasteiger partial charge in [-0.1, -0.05) is 104 Å². The van der Waals surface area contributed by atoms with Gasteiger partial charge in [0.1, 0.15) is 0 Å². The van der Waals surface area contributed by atoms with Crippen LogP contribution in [0.5, 0.6) is 0 Å². The number of carbonyl (C=O) groups is 1. The summed E-state index contributed by atoms with van der Waals surface area (Å²) in [6, 6.07) is 21.0. The third kappa shape index (κ3) is 9.40. The number of aromatic nitrogens is 2. The standard InChI is InChI=1S/C29H29N2S.C13H24O2.Ir/c1-28(2,3)17-24-31-27-23(32-24)12-11-18-13-14-30-26(25(18)27)20-15-19-9-7-8-10-21(19)22(16-20)29(4,5)6;1-5-10(6-2)12(14)9-13(15)11(7-3)8-4;/h7-14,16H,17H2,1-6H3;9-11,14H,5-8H2,1-4H3;/q-1;;/b;12-9-;. The fraction of sp³-hybridized carbons (Fsp3) is 0.452. The Balaban J connectivity index is 0.000000334. The number of aliphatic hydroxyl groups is 1. The molecule has 0 saturated carbocycles. The Kier molecular flexibility index (Phi) is 13.7. The average molecular weight is 842 g/mol. The zero-order chi connectivity index (χ0) is 34.5.